The van der Waals surface area contributed by atoms with E-state index in [0.29, 0.717) is 12.1 Å². The Morgan fingerprint density at radius 3 is 2.76 bits per heavy atom. The van der Waals surface area contributed by atoms with Crippen LogP contribution in [0.15, 0.2) is 18.2 Å². The van der Waals surface area contributed by atoms with Crippen LogP contribution in [-0.2, 0) is 0 Å². The zero-order valence-corrected chi connectivity index (χ0v) is 13.8. The second-order valence-corrected chi connectivity index (χ2v) is 6.27. The van der Waals surface area contributed by atoms with Crippen LogP contribution in [0.1, 0.15) is 65.0 Å². The molecule has 0 aliphatic carbocycles. The molecule has 0 spiro atoms. The summed E-state index contributed by atoms with van der Waals surface area (Å²) in [5.41, 5.74) is 2.31. The Morgan fingerprint density at radius 2 is 2.10 bits per heavy atom. The lowest BCUT2D eigenvalue weighted by Crippen LogP contribution is -2.35. The summed E-state index contributed by atoms with van der Waals surface area (Å²) in [4.78, 5) is 2.51. The van der Waals surface area contributed by atoms with Crippen LogP contribution < -0.4 is 10.2 Å². The van der Waals surface area contributed by atoms with Crippen molar-refractivity contribution in [1.29, 1.82) is 0 Å². The molecule has 3 unspecified atom stereocenters. The first-order chi connectivity index (χ1) is 10.1. The molecule has 1 aromatic carbocycles. The van der Waals surface area contributed by atoms with E-state index in [-0.39, 0.29) is 11.9 Å². The van der Waals surface area contributed by atoms with Gasteiger partial charge in [0.1, 0.15) is 5.82 Å². The van der Waals surface area contributed by atoms with Crippen molar-refractivity contribution in [2.45, 2.75) is 71.5 Å². The summed E-state index contributed by atoms with van der Waals surface area (Å²) in [6.45, 7) is 9.78. The molecule has 0 amide bonds. The van der Waals surface area contributed by atoms with E-state index < -0.39 is 0 Å². The topological polar surface area (TPSA) is 15.3 Å². The fourth-order valence-corrected chi connectivity index (χ4v) is 3.48. The minimum atomic E-state index is -0.140. The van der Waals surface area contributed by atoms with Crippen LogP contribution >= 0.6 is 0 Å². The van der Waals surface area contributed by atoms with Gasteiger partial charge in [0.25, 0.3) is 0 Å². The molecular weight excluding hydrogens is 263 g/mol. The van der Waals surface area contributed by atoms with Crippen molar-refractivity contribution in [3.8, 4) is 0 Å². The first-order valence-corrected chi connectivity index (χ1v) is 8.39. The SMILES string of the molecule is CCCNC(C)c1cc(F)ccc1N1C(C)CCC1CC. The highest BCUT2D eigenvalue weighted by Gasteiger charge is 2.31. The molecule has 1 aliphatic heterocycles. The molecule has 2 nitrogen and oxygen atoms in total. The number of nitrogens with one attached hydrogen (secondary N) is 1. The fraction of sp³-hybridized carbons (Fsp3) is 0.667. The van der Waals surface area contributed by atoms with Gasteiger partial charge in [-0.15, -0.1) is 0 Å². The smallest absolute Gasteiger partial charge is 0.123 e. The third-order valence-corrected chi connectivity index (χ3v) is 4.69. The molecule has 1 heterocycles. The highest BCUT2D eigenvalue weighted by Crippen LogP contribution is 2.36. The van der Waals surface area contributed by atoms with Gasteiger partial charge in [-0.05, 0) is 69.8 Å². The predicted molar refractivity (Wildman–Crippen MR) is 88.4 cm³/mol. The van der Waals surface area contributed by atoms with Gasteiger partial charge in [-0.2, -0.15) is 0 Å². The third kappa shape index (κ3) is 3.57. The Hall–Kier alpha value is -1.09. The van der Waals surface area contributed by atoms with E-state index in [1.807, 2.05) is 6.07 Å². The van der Waals surface area contributed by atoms with E-state index in [0.717, 1.165) is 24.9 Å². The van der Waals surface area contributed by atoms with Crippen LogP contribution in [0.4, 0.5) is 10.1 Å². The summed E-state index contributed by atoms with van der Waals surface area (Å²) >= 11 is 0. The fourth-order valence-electron chi connectivity index (χ4n) is 3.48. The Morgan fingerprint density at radius 1 is 1.33 bits per heavy atom. The number of hydrogen-bond acceptors (Lipinski definition) is 2. The summed E-state index contributed by atoms with van der Waals surface area (Å²) < 4.78 is 13.7. The van der Waals surface area contributed by atoms with Crippen molar-refractivity contribution in [2.24, 2.45) is 0 Å². The van der Waals surface area contributed by atoms with Crippen molar-refractivity contribution in [2.75, 3.05) is 11.4 Å². The van der Waals surface area contributed by atoms with E-state index in [1.54, 1.807) is 12.1 Å². The molecule has 118 valence electrons. The van der Waals surface area contributed by atoms with Gasteiger partial charge in [-0.1, -0.05) is 13.8 Å². The summed E-state index contributed by atoms with van der Waals surface area (Å²) in [7, 11) is 0. The van der Waals surface area contributed by atoms with Crippen molar-refractivity contribution in [1.82, 2.24) is 5.32 Å². The molecule has 1 aromatic rings. The van der Waals surface area contributed by atoms with Crippen molar-refractivity contribution in [3.63, 3.8) is 0 Å². The first-order valence-electron chi connectivity index (χ1n) is 8.39. The van der Waals surface area contributed by atoms with E-state index in [1.165, 1.54) is 18.5 Å². The second-order valence-electron chi connectivity index (χ2n) is 6.27. The lowest BCUT2D eigenvalue weighted by atomic mass is 10.0. The molecule has 2 rings (SSSR count). The van der Waals surface area contributed by atoms with Gasteiger partial charge in [0.2, 0.25) is 0 Å². The Kier molecular flexibility index (Phi) is 5.63. The quantitative estimate of drug-likeness (QED) is 0.820. The summed E-state index contributed by atoms with van der Waals surface area (Å²) in [5.74, 6) is -0.140. The van der Waals surface area contributed by atoms with Gasteiger partial charge in [0.05, 0.1) is 0 Å². The summed E-state index contributed by atoms with van der Waals surface area (Å²) in [5, 5.41) is 3.49. The number of hydrogen-bond donors (Lipinski definition) is 1. The van der Waals surface area contributed by atoms with E-state index >= 15 is 0 Å². The molecule has 1 saturated heterocycles. The third-order valence-electron chi connectivity index (χ3n) is 4.69. The highest BCUT2D eigenvalue weighted by molar-refractivity contribution is 5.57. The standard InChI is InChI=1S/C18H29FN2/c1-5-11-20-14(4)17-12-15(19)8-10-18(17)21-13(3)7-9-16(21)6-2/h8,10,12-14,16,20H,5-7,9,11H2,1-4H3. The molecule has 3 atom stereocenters. The van der Waals surface area contributed by atoms with E-state index in [4.69, 9.17) is 0 Å². The minimum absolute atomic E-state index is 0.140. The molecular formula is C18H29FN2. The van der Waals surface area contributed by atoms with Gasteiger partial charge in [0.15, 0.2) is 0 Å². The number of anilines is 1. The van der Waals surface area contributed by atoms with Crippen LogP contribution in [-0.4, -0.2) is 18.6 Å². The lowest BCUT2D eigenvalue weighted by Gasteiger charge is -2.33. The number of rotatable bonds is 6. The first kappa shape index (κ1) is 16.3. The molecule has 0 aromatic heterocycles. The van der Waals surface area contributed by atoms with Crippen molar-refractivity contribution in [3.05, 3.63) is 29.6 Å². The highest BCUT2D eigenvalue weighted by atomic mass is 19.1. The van der Waals surface area contributed by atoms with Gasteiger partial charge in [-0.3, -0.25) is 0 Å². The van der Waals surface area contributed by atoms with Gasteiger partial charge in [-0.25, -0.2) is 4.39 Å². The van der Waals surface area contributed by atoms with Crippen LogP contribution in [0.5, 0.6) is 0 Å². The largest absolute Gasteiger partial charge is 0.366 e. The van der Waals surface area contributed by atoms with Crippen LogP contribution in [0, 0.1) is 5.82 Å². The molecule has 0 saturated carbocycles. The zero-order valence-electron chi connectivity index (χ0n) is 13.8. The maximum absolute atomic E-state index is 13.7. The molecule has 21 heavy (non-hydrogen) atoms. The second kappa shape index (κ2) is 7.26. The van der Waals surface area contributed by atoms with Crippen LogP contribution in [0.25, 0.3) is 0 Å². The summed E-state index contributed by atoms with van der Waals surface area (Å²) in [6, 6.07) is 6.59. The number of halogens is 1. The number of nitrogens with zero attached hydrogens (tertiary/aromatic N) is 1. The van der Waals surface area contributed by atoms with Gasteiger partial charge >= 0.3 is 0 Å². The van der Waals surface area contributed by atoms with Gasteiger partial charge in [0, 0.05) is 23.8 Å². The normalized spacial score (nSPS) is 23.6. The average molecular weight is 292 g/mol. The Labute approximate surface area is 128 Å². The van der Waals surface area contributed by atoms with Crippen molar-refractivity contribution >= 4 is 5.69 Å². The molecule has 0 bridgehead atoms. The average Bonchev–Trinajstić information content (AvgIpc) is 2.85. The Bertz CT molecular complexity index is 461. The maximum atomic E-state index is 13.7. The predicted octanol–water partition coefficient (Wildman–Crippen LogP) is 4.65. The summed E-state index contributed by atoms with van der Waals surface area (Å²) in [6.07, 6.45) is 4.71. The van der Waals surface area contributed by atoms with E-state index in [2.05, 4.69) is 37.9 Å². The molecule has 3 heteroatoms. The molecule has 1 N–H and O–H groups in total. The minimum Gasteiger partial charge on any atom is -0.366 e. The van der Waals surface area contributed by atoms with Crippen LogP contribution in [0.2, 0.25) is 0 Å². The Balaban J connectivity index is 2.33. The molecule has 0 radical (unpaired) electrons. The van der Waals surface area contributed by atoms with Crippen molar-refractivity contribution < 1.29 is 4.39 Å². The monoisotopic (exact) mass is 292 g/mol. The van der Waals surface area contributed by atoms with E-state index in [9.17, 15) is 4.39 Å². The van der Waals surface area contributed by atoms with Gasteiger partial charge < -0.3 is 10.2 Å². The number of benzene rings is 1. The molecule has 1 aliphatic rings. The maximum Gasteiger partial charge on any atom is 0.123 e. The zero-order chi connectivity index (χ0) is 15.4. The van der Waals surface area contributed by atoms with Crippen LogP contribution in [0.3, 0.4) is 0 Å². The lowest BCUT2D eigenvalue weighted by molar-refractivity contribution is 0.554. The molecule has 1 fully saturated rings.